The average molecular weight is 216 g/mol. The summed E-state index contributed by atoms with van der Waals surface area (Å²) in [6.07, 6.45) is 3.70. The van der Waals surface area contributed by atoms with E-state index in [-0.39, 0.29) is 0 Å². The molecule has 1 aliphatic rings. The Bertz CT molecular complexity index is 307. The summed E-state index contributed by atoms with van der Waals surface area (Å²) in [4.78, 5) is 0. The molecule has 1 heteroatoms. The summed E-state index contributed by atoms with van der Waals surface area (Å²) in [5.74, 6) is 2.26. The molecule has 1 heterocycles. The van der Waals surface area contributed by atoms with Crippen LogP contribution in [0.5, 0.6) is 0 Å². The Kier molecular flexibility index (Phi) is 4.00. The molecule has 1 saturated heterocycles. The van der Waals surface area contributed by atoms with E-state index < -0.39 is 0 Å². The first kappa shape index (κ1) is 11.7. The number of benzene rings is 1. The molecule has 1 nitrogen and oxygen atoms in total. The van der Waals surface area contributed by atoms with Crippen LogP contribution in [0.4, 0.5) is 0 Å². The lowest BCUT2D eigenvalue weighted by Gasteiger charge is -2.23. The van der Waals surface area contributed by atoms with Crippen molar-refractivity contribution in [3.05, 3.63) is 41.3 Å². The molecule has 1 aliphatic heterocycles. The van der Waals surface area contributed by atoms with E-state index in [1.54, 1.807) is 0 Å². The van der Waals surface area contributed by atoms with Gasteiger partial charge in [0.1, 0.15) is 0 Å². The van der Waals surface area contributed by atoms with Crippen LogP contribution in [0.25, 0.3) is 0 Å². The Balaban J connectivity index is 2.00. The van der Waals surface area contributed by atoms with Crippen LogP contribution in [-0.4, -0.2) is 13.1 Å². The van der Waals surface area contributed by atoms with E-state index in [9.17, 15) is 0 Å². The van der Waals surface area contributed by atoms with Crippen LogP contribution >= 0.6 is 0 Å². The normalized spacial score (nSPS) is 17.9. The highest BCUT2D eigenvalue weighted by Crippen LogP contribution is 2.25. The minimum absolute atomic E-state index is 0.780. The summed E-state index contributed by atoms with van der Waals surface area (Å²) in [6, 6.07) is 9.25. The second-order valence-corrected chi connectivity index (χ2v) is 5.15. The van der Waals surface area contributed by atoms with Gasteiger partial charge in [0, 0.05) is 0 Å². The SMILES string of the molecule is C[C](C)Cc1ccc(C2CCNCC2)cc1. The van der Waals surface area contributed by atoms with Gasteiger partial charge in [-0.05, 0) is 55.3 Å². The molecule has 0 amide bonds. The highest BCUT2D eigenvalue weighted by atomic mass is 14.9. The Morgan fingerprint density at radius 3 is 2.31 bits per heavy atom. The first-order chi connectivity index (χ1) is 7.75. The maximum Gasteiger partial charge on any atom is -0.00431 e. The zero-order valence-corrected chi connectivity index (χ0v) is 10.4. The average Bonchev–Trinajstić information content (AvgIpc) is 2.30. The fraction of sp³-hybridized carbons (Fsp3) is 0.533. The van der Waals surface area contributed by atoms with Crippen LogP contribution in [0, 0.1) is 5.92 Å². The second kappa shape index (κ2) is 5.49. The van der Waals surface area contributed by atoms with E-state index in [2.05, 4.69) is 43.4 Å². The van der Waals surface area contributed by atoms with Gasteiger partial charge in [-0.2, -0.15) is 0 Å². The third kappa shape index (κ3) is 3.08. The zero-order chi connectivity index (χ0) is 11.4. The smallest absolute Gasteiger partial charge is 0.00431 e. The summed E-state index contributed by atoms with van der Waals surface area (Å²) in [6.45, 7) is 6.74. The summed E-state index contributed by atoms with van der Waals surface area (Å²) in [5, 5.41) is 3.42. The first-order valence-electron chi connectivity index (χ1n) is 6.34. The number of hydrogen-bond acceptors (Lipinski definition) is 1. The van der Waals surface area contributed by atoms with Crippen LogP contribution in [-0.2, 0) is 6.42 Å². The van der Waals surface area contributed by atoms with E-state index >= 15 is 0 Å². The lowest BCUT2D eigenvalue weighted by atomic mass is 9.89. The summed E-state index contributed by atoms with van der Waals surface area (Å²) in [7, 11) is 0. The van der Waals surface area contributed by atoms with E-state index in [4.69, 9.17) is 0 Å². The molecule has 16 heavy (non-hydrogen) atoms. The van der Waals surface area contributed by atoms with Crippen molar-refractivity contribution in [2.45, 2.75) is 39.0 Å². The first-order valence-corrected chi connectivity index (χ1v) is 6.34. The Morgan fingerprint density at radius 2 is 1.75 bits per heavy atom. The Morgan fingerprint density at radius 1 is 1.12 bits per heavy atom. The lowest BCUT2D eigenvalue weighted by molar-refractivity contribution is 0.460. The quantitative estimate of drug-likeness (QED) is 0.817. The van der Waals surface area contributed by atoms with Gasteiger partial charge in [-0.1, -0.05) is 38.1 Å². The molecule has 0 atom stereocenters. The second-order valence-electron chi connectivity index (χ2n) is 5.15. The van der Waals surface area contributed by atoms with Crippen LogP contribution in [0.15, 0.2) is 24.3 Å². The fourth-order valence-corrected chi connectivity index (χ4v) is 2.47. The van der Waals surface area contributed by atoms with E-state index in [1.807, 2.05) is 0 Å². The number of hydrogen-bond donors (Lipinski definition) is 1. The van der Waals surface area contributed by atoms with Gasteiger partial charge in [0.2, 0.25) is 0 Å². The largest absolute Gasteiger partial charge is 0.317 e. The van der Waals surface area contributed by atoms with Gasteiger partial charge in [0.15, 0.2) is 0 Å². The summed E-state index contributed by atoms with van der Waals surface area (Å²) in [5.41, 5.74) is 2.97. The maximum atomic E-state index is 3.42. The standard InChI is InChI=1S/C15H22N/c1-12(2)11-13-3-5-14(6-4-13)15-7-9-16-10-8-15/h3-6,15-16H,7-11H2,1-2H3. The third-order valence-corrected chi connectivity index (χ3v) is 3.35. The van der Waals surface area contributed by atoms with Crippen molar-refractivity contribution in [2.75, 3.05) is 13.1 Å². The Labute approximate surface area is 99.3 Å². The molecule has 0 spiro atoms. The van der Waals surface area contributed by atoms with Gasteiger partial charge >= 0.3 is 0 Å². The minimum atomic E-state index is 0.780. The Hall–Kier alpha value is -0.820. The van der Waals surface area contributed by atoms with Crippen molar-refractivity contribution in [3.63, 3.8) is 0 Å². The topological polar surface area (TPSA) is 12.0 Å². The molecule has 0 aromatic heterocycles. The number of nitrogens with one attached hydrogen (secondary N) is 1. The molecule has 1 aromatic carbocycles. The van der Waals surface area contributed by atoms with Crippen LogP contribution in [0.1, 0.15) is 43.7 Å². The molecular formula is C15H22N. The van der Waals surface area contributed by atoms with Crippen molar-refractivity contribution in [1.82, 2.24) is 5.32 Å². The van der Waals surface area contributed by atoms with Gasteiger partial charge in [-0.15, -0.1) is 0 Å². The minimum Gasteiger partial charge on any atom is -0.317 e. The molecule has 0 aliphatic carbocycles. The van der Waals surface area contributed by atoms with Crippen molar-refractivity contribution in [3.8, 4) is 0 Å². The molecule has 0 saturated carbocycles. The molecule has 1 fully saturated rings. The van der Waals surface area contributed by atoms with Crippen molar-refractivity contribution >= 4 is 0 Å². The zero-order valence-electron chi connectivity index (χ0n) is 10.4. The van der Waals surface area contributed by atoms with Gasteiger partial charge in [0.05, 0.1) is 0 Å². The predicted octanol–water partition coefficient (Wildman–Crippen LogP) is 3.31. The lowest BCUT2D eigenvalue weighted by Crippen LogP contribution is -2.26. The van der Waals surface area contributed by atoms with E-state index in [1.165, 1.54) is 43.0 Å². The van der Waals surface area contributed by atoms with Crippen molar-refractivity contribution in [2.24, 2.45) is 0 Å². The molecule has 0 bridgehead atoms. The van der Waals surface area contributed by atoms with Crippen LogP contribution in [0.3, 0.4) is 0 Å². The van der Waals surface area contributed by atoms with Crippen molar-refractivity contribution in [1.29, 1.82) is 0 Å². The predicted molar refractivity (Wildman–Crippen MR) is 69.6 cm³/mol. The van der Waals surface area contributed by atoms with Gasteiger partial charge < -0.3 is 5.32 Å². The molecule has 2 rings (SSSR count). The number of piperidine rings is 1. The van der Waals surface area contributed by atoms with Gasteiger partial charge in [-0.3, -0.25) is 0 Å². The van der Waals surface area contributed by atoms with Crippen LogP contribution < -0.4 is 5.32 Å². The number of rotatable bonds is 3. The third-order valence-electron chi connectivity index (χ3n) is 3.35. The van der Waals surface area contributed by atoms with Gasteiger partial charge in [-0.25, -0.2) is 0 Å². The summed E-state index contributed by atoms with van der Waals surface area (Å²) < 4.78 is 0. The molecule has 1 aromatic rings. The van der Waals surface area contributed by atoms with Crippen LogP contribution in [0.2, 0.25) is 0 Å². The maximum absolute atomic E-state index is 3.42. The highest BCUT2D eigenvalue weighted by molar-refractivity contribution is 5.27. The molecular weight excluding hydrogens is 194 g/mol. The summed E-state index contributed by atoms with van der Waals surface area (Å²) >= 11 is 0. The van der Waals surface area contributed by atoms with E-state index in [0.29, 0.717) is 0 Å². The monoisotopic (exact) mass is 216 g/mol. The molecule has 87 valence electrons. The molecule has 1 radical (unpaired) electrons. The van der Waals surface area contributed by atoms with Crippen molar-refractivity contribution < 1.29 is 0 Å². The van der Waals surface area contributed by atoms with E-state index in [0.717, 1.165) is 12.3 Å². The fourth-order valence-electron chi connectivity index (χ4n) is 2.47. The highest BCUT2D eigenvalue weighted by Gasteiger charge is 2.14. The molecule has 1 N–H and O–H groups in total. The van der Waals surface area contributed by atoms with Gasteiger partial charge in [0.25, 0.3) is 0 Å². The molecule has 0 unspecified atom stereocenters.